The number of hydrogen-bond acceptors (Lipinski definition) is 4. The largest absolute Gasteiger partial charge is 0.490 e. The number of hydrogen-bond donors (Lipinski definition) is 1. The maximum absolute atomic E-state index is 5.81. The lowest BCUT2D eigenvalue weighted by atomic mass is 9.93. The second-order valence-corrected chi connectivity index (χ2v) is 5.33. The van der Waals surface area contributed by atoms with Crippen molar-refractivity contribution in [3.05, 3.63) is 24.3 Å². The van der Waals surface area contributed by atoms with Gasteiger partial charge in [0.1, 0.15) is 6.61 Å². The molecule has 0 atom stereocenters. The van der Waals surface area contributed by atoms with E-state index in [0.717, 1.165) is 44.1 Å². The minimum atomic E-state index is 0.182. The van der Waals surface area contributed by atoms with Crippen LogP contribution in [0.25, 0.3) is 0 Å². The van der Waals surface area contributed by atoms with Gasteiger partial charge in [0.15, 0.2) is 11.5 Å². The van der Waals surface area contributed by atoms with Crippen molar-refractivity contribution in [1.82, 2.24) is 5.32 Å². The van der Waals surface area contributed by atoms with E-state index in [1.807, 2.05) is 31.2 Å². The highest BCUT2D eigenvalue weighted by molar-refractivity contribution is 5.39. The Hall–Kier alpha value is -1.26. The minimum absolute atomic E-state index is 0.182. The van der Waals surface area contributed by atoms with Gasteiger partial charge in [-0.05, 0) is 38.8 Å². The van der Waals surface area contributed by atoms with E-state index in [0.29, 0.717) is 13.2 Å². The molecule has 0 saturated carbocycles. The topological polar surface area (TPSA) is 39.7 Å². The van der Waals surface area contributed by atoms with Gasteiger partial charge in [-0.2, -0.15) is 0 Å². The highest BCUT2D eigenvalue weighted by Gasteiger charge is 2.26. The van der Waals surface area contributed by atoms with Crippen LogP contribution in [0.2, 0.25) is 0 Å². The standard InChI is InChI=1S/C16H25NO3/c1-3-19-14-6-4-5-7-15(14)20-13-10-17-16(2)8-11-18-12-9-16/h4-7,17H,3,8-13H2,1-2H3. The van der Waals surface area contributed by atoms with E-state index in [9.17, 15) is 0 Å². The maximum Gasteiger partial charge on any atom is 0.161 e. The molecule has 20 heavy (non-hydrogen) atoms. The summed E-state index contributed by atoms with van der Waals surface area (Å²) in [5, 5.41) is 3.57. The first kappa shape index (κ1) is 15.1. The number of para-hydroxylation sites is 2. The molecule has 2 rings (SSSR count). The molecule has 1 aliphatic heterocycles. The molecule has 0 unspecified atom stereocenters. The van der Waals surface area contributed by atoms with Gasteiger partial charge >= 0.3 is 0 Å². The third kappa shape index (κ3) is 4.39. The summed E-state index contributed by atoms with van der Waals surface area (Å²) in [7, 11) is 0. The van der Waals surface area contributed by atoms with Crippen molar-refractivity contribution >= 4 is 0 Å². The van der Waals surface area contributed by atoms with Crippen LogP contribution in [0.4, 0.5) is 0 Å². The van der Waals surface area contributed by atoms with Crippen molar-refractivity contribution in [2.45, 2.75) is 32.2 Å². The fourth-order valence-corrected chi connectivity index (χ4v) is 2.36. The molecule has 4 nitrogen and oxygen atoms in total. The van der Waals surface area contributed by atoms with Crippen molar-refractivity contribution in [3.8, 4) is 11.5 Å². The molecular weight excluding hydrogens is 254 g/mol. The molecule has 1 fully saturated rings. The van der Waals surface area contributed by atoms with E-state index in [2.05, 4.69) is 12.2 Å². The Labute approximate surface area is 121 Å². The SMILES string of the molecule is CCOc1ccccc1OCCNC1(C)CCOCC1. The zero-order chi connectivity index (χ0) is 14.3. The highest BCUT2D eigenvalue weighted by atomic mass is 16.5. The van der Waals surface area contributed by atoms with Gasteiger partial charge in [0, 0.05) is 25.3 Å². The molecule has 1 heterocycles. The molecule has 0 spiro atoms. The Balaban J connectivity index is 1.75. The second-order valence-electron chi connectivity index (χ2n) is 5.33. The Kier molecular flexibility index (Phi) is 5.68. The lowest BCUT2D eigenvalue weighted by Gasteiger charge is -2.34. The molecule has 4 heteroatoms. The summed E-state index contributed by atoms with van der Waals surface area (Å²) in [6.07, 6.45) is 2.12. The molecule has 1 N–H and O–H groups in total. The second kappa shape index (κ2) is 7.50. The van der Waals surface area contributed by atoms with Crippen LogP contribution < -0.4 is 14.8 Å². The van der Waals surface area contributed by atoms with Gasteiger partial charge in [0.25, 0.3) is 0 Å². The van der Waals surface area contributed by atoms with Crippen molar-refractivity contribution in [1.29, 1.82) is 0 Å². The van der Waals surface area contributed by atoms with Crippen LogP contribution in [0.1, 0.15) is 26.7 Å². The fraction of sp³-hybridized carbons (Fsp3) is 0.625. The minimum Gasteiger partial charge on any atom is -0.490 e. The monoisotopic (exact) mass is 279 g/mol. The summed E-state index contributed by atoms with van der Waals surface area (Å²) in [6.45, 7) is 8.04. The first-order chi connectivity index (χ1) is 9.73. The van der Waals surface area contributed by atoms with Gasteiger partial charge < -0.3 is 19.5 Å². The van der Waals surface area contributed by atoms with E-state index in [-0.39, 0.29) is 5.54 Å². The van der Waals surface area contributed by atoms with E-state index >= 15 is 0 Å². The van der Waals surface area contributed by atoms with E-state index in [1.165, 1.54) is 0 Å². The van der Waals surface area contributed by atoms with Crippen molar-refractivity contribution < 1.29 is 14.2 Å². The van der Waals surface area contributed by atoms with Gasteiger partial charge in [-0.3, -0.25) is 0 Å². The average Bonchev–Trinajstić information content (AvgIpc) is 2.46. The summed E-state index contributed by atoms with van der Waals surface area (Å²) in [5.41, 5.74) is 0.182. The molecule has 0 bridgehead atoms. The average molecular weight is 279 g/mol. The summed E-state index contributed by atoms with van der Waals surface area (Å²) >= 11 is 0. The zero-order valence-electron chi connectivity index (χ0n) is 12.5. The van der Waals surface area contributed by atoms with Crippen LogP contribution >= 0.6 is 0 Å². The van der Waals surface area contributed by atoms with E-state index in [4.69, 9.17) is 14.2 Å². The molecule has 1 aromatic carbocycles. The first-order valence-electron chi connectivity index (χ1n) is 7.41. The number of nitrogens with one attached hydrogen (secondary N) is 1. The lowest BCUT2D eigenvalue weighted by molar-refractivity contribution is 0.0440. The first-order valence-corrected chi connectivity index (χ1v) is 7.41. The Bertz CT molecular complexity index is 402. The highest BCUT2D eigenvalue weighted by Crippen LogP contribution is 2.26. The summed E-state index contributed by atoms with van der Waals surface area (Å²) in [5.74, 6) is 1.63. The van der Waals surface area contributed by atoms with Gasteiger partial charge in [0.2, 0.25) is 0 Å². The van der Waals surface area contributed by atoms with Crippen LogP contribution in [0.3, 0.4) is 0 Å². The molecule has 0 radical (unpaired) electrons. The van der Waals surface area contributed by atoms with Crippen LogP contribution in [0, 0.1) is 0 Å². The zero-order valence-corrected chi connectivity index (χ0v) is 12.5. The Morgan fingerprint density at radius 1 is 1.15 bits per heavy atom. The quantitative estimate of drug-likeness (QED) is 0.779. The van der Waals surface area contributed by atoms with Gasteiger partial charge in [0.05, 0.1) is 6.61 Å². The molecule has 1 aromatic rings. The van der Waals surface area contributed by atoms with Gasteiger partial charge in [-0.15, -0.1) is 0 Å². The van der Waals surface area contributed by atoms with Crippen molar-refractivity contribution in [3.63, 3.8) is 0 Å². The number of rotatable bonds is 7. The number of benzene rings is 1. The van der Waals surface area contributed by atoms with Crippen molar-refractivity contribution in [2.75, 3.05) is 33.0 Å². The van der Waals surface area contributed by atoms with Gasteiger partial charge in [-0.25, -0.2) is 0 Å². The predicted octanol–water partition coefficient (Wildman–Crippen LogP) is 2.62. The molecule has 1 aliphatic rings. The summed E-state index contributed by atoms with van der Waals surface area (Å²) in [4.78, 5) is 0. The summed E-state index contributed by atoms with van der Waals surface area (Å²) in [6, 6.07) is 7.80. The molecule has 0 aliphatic carbocycles. The van der Waals surface area contributed by atoms with Crippen LogP contribution in [-0.2, 0) is 4.74 Å². The van der Waals surface area contributed by atoms with E-state index < -0.39 is 0 Å². The van der Waals surface area contributed by atoms with E-state index in [1.54, 1.807) is 0 Å². The fourth-order valence-electron chi connectivity index (χ4n) is 2.36. The Morgan fingerprint density at radius 2 is 1.80 bits per heavy atom. The lowest BCUT2D eigenvalue weighted by Crippen LogP contribution is -2.48. The molecule has 112 valence electrons. The molecule has 1 saturated heterocycles. The predicted molar refractivity (Wildman–Crippen MR) is 79.6 cm³/mol. The van der Waals surface area contributed by atoms with Crippen LogP contribution in [0.15, 0.2) is 24.3 Å². The molecular formula is C16H25NO3. The van der Waals surface area contributed by atoms with Crippen molar-refractivity contribution in [2.24, 2.45) is 0 Å². The molecule has 0 aromatic heterocycles. The van der Waals surface area contributed by atoms with Crippen LogP contribution in [-0.4, -0.2) is 38.5 Å². The van der Waals surface area contributed by atoms with Gasteiger partial charge in [-0.1, -0.05) is 12.1 Å². The third-order valence-corrected chi connectivity index (χ3v) is 3.66. The molecule has 0 amide bonds. The Morgan fingerprint density at radius 3 is 2.45 bits per heavy atom. The summed E-state index contributed by atoms with van der Waals surface area (Å²) < 4.78 is 16.7. The smallest absolute Gasteiger partial charge is 0.161 e. The maximum atomic E-state index is 5.81. The van der Waals surface area contributed by atoms with Crippen LogP contribution in [0.5, 0.6) is 11.5 Å². The normalized spacial score (nSPS) is 17.7. The number of ether oxygens (including phenoxy) is 3. The third-order valence-electron chi connectivity index (χ3n) is 3.66.